The highest BCUT2D eigenvalue weighted by molar-refractivity contribution is 5.99. The van der Waals surface area contributed by atoms with Crippen molar-refractivity contribution in [2.24, 2.45) is 0 Å². The first-order chi connectivity index (χ1) is 12.0. The summed E-state index contributed by atoms with van der Waals surface area (Å²) in [7, 11) is 1.31. The van der Waals surface area contributed by atoms with Crippen molar-refractivity contribution in [1.29, 1.82) is 0 Å². The van der Waals surface area contributed by atoms with E-state index >= 15 is 0 Å². The molecule has 1 unspecified atom stereocenters. The molecule has 1 fully saturated rings. The van der Waals surface area contributed by atoms with Crippen LogP contribution in [0.2, 0.25) is 0 Å². The average molecular weight is 346 g/mol. The van der Waals surface area contributed by atoms with E-state index in [2.05, 4.69) is 6.92 Å². The topological polar surface area (TPSA) is 66.9 Å². The van der Waals surface area contributed by atoms with Crippen molar-refractivity contribution < 1.29 is 19.1 Å². The first-order valence-electron chi connectivity index (χ1n) is 8.73. The minimum atomic E-state index is -0.473. The molecule has 0 saturated carbocycles. The summed E-state index contributed by atoms with van der Waals surface area (Å²) in [6, 6.07) is 6.84. The summed E-state index contributed by atoms with van der Waals surface area (Å²) in [4.78, 5) is 39.9. The molecule has 1 saturated heterocycles. The van der Waals surface area contributed by atoms with E-state index in [1.54, 1.807) is 24.3 Å². The Labute approximate surface area is 148 Å². The summed E-state index contributed by atoms with van der Waals surface area (Å²) in [5, 5.41) is 0. The number of hydrogen-bond acceptors (Lipinski definition) is 4. The number of piperidine rings is 1. The van der Waals surface area contributed by atoms with Gasteiger partial charge in [-0.3, -0.25) is 9.59 Å². The van der Waals surface area contributed by atoms with Crippen LogP contribution >= 0.6 is 0 Å². The number of methoxy groups -OCH3 is 1. The molecule has 1 aromatic rings. The summed E-state index contributed by atoms with van der Waals surface area (Å²) >= 11 is 0. The Hall–Kier alpha value is -2.37. The Morgan fingerprint density at radius 1 is 1.28 bits per heavy atom. The number of amides is 2. The van der Waals surface area contributed by atoms with E-state index in [4.69, 9.17) is 4.74 Å². The number of carbonyl (C=O) groups excluding carboxylic acids is 3. The van der Waals surface area contributed by atoms with Crippen molar-refractivity contribution in [2.75, 3.05) is 25.1 Å². The summed E-state index contributed by atoms with van der Waals surface area (Å²) in [6.45, 7) is 4.23. The molecule has 0 bridgehead atoms. The van der Waals surface area contributed by atoms with Gasteiger partial charge in [0.15, 0.2) is 0 Å². The van der Waals surface area contributed by atoms with Gasteiger partial charge in [0, 0.05) is 25.2 Å². The lowest BCUT2D eigenvalue weighted by Gasteiger charge is -2.36. The molecule has 6 heteroatoms. The van der Waals surface area contributed by atoms with E-state index in [0.29, 0.717) is 11.3 Å². The van der Waals surface area contributed by atoms with Gasteiger partial charge in [0.05, 0.1) is 12.7 Å². The molecule has 0 N–H and O–H groups in total. The van der Waals surface area contributed by atoms with Crippen LogP contribution in [0, 0.1) is 0 Å². The van der Waals surface area contributed by atoms with Crippen LogP contribution in [0.5, 0.6) is 0 Å². The van der Waals surface area contributed by atoms with Gasteiger partial charge in [0.2, 0.25) is 11.8 Å². The minimum Gasteiger partial charge on any atom is -0.465 e. The molecular formula is C19H26N2O4. The van der Waals surface area contributed by atoms with Gasteiger partial charge in [-0.25, -0.2) is 4.79 Å². The maximum Gasteiger partial charge on any atom is 0.337 e. The second-order valence-electron chi connectivity index (χ2n) is 6.29. The van der Waals surface area contributed by atoms with Crippen molar-refractivity contribution in [1.82, 2.24) is 4.90 Å². The van der Waals surface area contributed by atoms with Crippen LogP contribution in [-0.2, 0) is 14.3 Å². The number of anilines is 1. The van der Waals surface area contributed by atoms with Gasteiger partial charge in [-0.15, -0.1) is 0 Å². The fourth-order valence-electron chi connectivity index (χ4n) is 3.28. The second-order valence-corrected chi connectivity index (χ2v) is 6.29. The van der Waals surface area contributed by atoms with Crippen LogP contribution in [0.1, 0.15) is 49.9 Å². The fraction of sp³-hybridized carbons (Fsp3) is 0.526. The van der Waals surface area contributed by atoms with Crippen LogP contribution in [0.3, 0.4) is 0 Å². The lowest BCUT2D eigenvalue weighted by molar-refractivity contribution is -0.134. The summed E-state index contributed by atoms with van der Waals surface area (Å²) in [6.07, 6.45) is 4.07. The lowest BCUT2D eigenvalue weighted by Crippen LogP contribution is -2.48. The van der Waals surface area contributed by atoms with Crippen LogP contribution in [-0.4, -0.2) is 48.9 Å². The maximum atomic E-state index is 12.8. The van der Waals surface area contributed by atoms with E-state index in [9.17, 15) is 14.4 Å². The quantitative estimate of drug-likeness (QED) is 0.769. The molecule has 1 atom stereocenters. The first kappa shape index (κ1) is 19.0. The van der Waals surface area contributed by atoms with Crippen LogP contribution in [0.25, 0.3) is 0 Å². The van der Waals surface area contributed by atoms with Crippen LogP contribution < -0.4 is 4.90 Å². The molecule has 1 aromatic carbocycles. The predicted molar refractivity (Wildman–Crippen MR) is 95.5 cm³/mol. The zero-order chi connectivity index (χ0) is 18.4. The Balaban J connectivity index is 2.19. The van der Waals surface area contributed by atoms with E-state index in [1.807, 2.05) is 4.90 Å². The molecule has 0 spiro atoms. The van der Waals surface area contributed by atoms with Crippen LogP contribution in [0.15, 0.2) is 24.3 Å². The number of nitrogens with zero attached hydrogens (tertiary/aromatic N) is 2. The zero-order valence-corrected chi connectivity index (χ0v) is 15.2. The third-order valence-corrected chi connectivity index (χ3v) is 4.67. The van der Waals surface area contributed by atoms with E-state index in [1.165, 1.54) is 18.9 Å². The Kier molecular flexibility index (Phi) is 6.56. The Morgan fingerprint density at radius 2 is 2.04 bits per heavy atom. The van der Waals surface area contributed by atoms with Crippen molar-refractivity contribution >= 4 is 23.5 Å². The van der Waals surface area contributed by atoms with Crippen molar-refractivity contribution in [3.8, 4) is 0 Å². The molecular weight excluding hydrogens is 320 g/mol. The lowest BCUT2D eigenvalue weighted by atomic mass is 10.00. The monoisotopic (exact) mass is 346 g/mol. The molecule has 1 aliphatic heterocycles. The molecule has 0 radical (unpaired) electrons. The van der Waals surface area contributed by atoms with Crippen molar-refractivity contribution in [3.05, 3.63) is 29.8 Å². The molecule has 136 valence electrons. The van der Waals surface area contributed by atoms with Crippen molar-refractivity contribution in [2.45, 2.75) is 45.6 Å². The molecule has 0 aliphatic carbocycles. The minimum absolute atomic E-state index is 0.0174. The predicted octanol–water partition coefficient (Wildman–Crippen LogP) is 2.62. The van der Waals surface area contributed by atoms with Gasteiger partial charge in [-0.2, -0.15) is 0 Å². The normalized spacial score (nSPS) is 17.1. The van der Waals surface area contributed by atoms with Gasteiger partial charge in [0.25, 0.3) is 0 Å². The van der Waals surface area contributed by atoms with E-state index < -0.39 is 5.97 Å². The van der Waals surface area contributed by atoms with Gasteiger partial charge in [-0.1, -0.05) is 13.0 Å². The number of likely N-dealkylation sites (tertiary alicyclic amines) is 1. The largest absolute Gasteiger partial charge is 0.465 e. The number of benzene rings is 1. The van der Waals surface area contributed by atoms with Gasteiger partial charge >= 0.3 is 5.97 Å². The van der Waals surface area contributed by atoms with Gasteiger partial charge in [0.1, 0.15) is 6.54 Å². The number of rotatable bonds is 5. The highest BCUT2D eigenvalue weighted by Crippen LogP contribution is 2.22. The summed E-state index contributed by atoms with van der Waals surface area (Å²) < 4.78 is 4.72. The zero-order valence-electron chi connectivity index (χ0n) is 15.2. The number of esters is 1. The standard InChI is InChI=1S/C19H26N2O4/c1-4-16-9-5-6-11-20(16)18(23)13-21(14(2)22)17-10-7-8-15(12-17)19(24)25-3/h7-8,10,12,16H,4-6,9,11,13H2,1-3H3. The molecule has 1 heterocycles. The van der Waals surface area contributed by atoms with Gasteiger partial charge < -0.3 is 14.5 Å². The third-order valence-electron chi connectivity index (χ3n) is 4.67. The fourth-order valence-corrected chi connectivity index (χ4v) is 3.28. The molecule has 2 rings (SSSR count). The number of hydrogen-bond donors (Lipinski definition) is 0. The first-order valence-corrected chi connectivity index (χ1v) is 8.73. The third kappa shape index (κ3) is 4.59. The molecule has 25 heavy (non-hydrogen) atoms. The van der Waals surface area contributed by atoms with Gasteiger partial charge in [-0.05, 0) is 43.9 Å². The summed E-state index contributed by atoms with van der Waals surface area (Å²) in [5.41, 5.74) is 0.872. The van der Waals surface area contributed by atoms with E-state index in [-0.39, 0.29) is 24.4 Å². The number of carbonyl (C=O) groups is 3. The average Bonchev–Trinajstić information content (AvgIpc) is 2.64. The highest BCUT2D eigenvalue weighted by Gasteiger charge is 2.27. The molecule has 0 aromatic heterocycles. The maximum absolute atomic E-state index is 12.8. The smallest absolute Gasteiger partial charge is 0.337 e. The van der Waals surface area contributed by atoms with Crippen molar-refractivity contribution in [3.63, 3.8) is 0 Å². The number of ether oxygens (including phenoxy) is 1. The molecule has 2 amide bonds. The Morgan fingerprint density at radius 3 is 2.68 bits per heavy atom. The molecule has 1 aliphatic rings. The highest BCUT2D eigenvalue weighted by atomic mass is 16.5. The van der Waals surface area contributed by atoms with Crippen LogP contribution in [0.4, 0.5) is 5.69 Å². The van der Waals surface area contributed by atoms with E-state index in [0.717, 1.165) is 32.2 Å². The second kappa shape index (κ2) is 8.65. The molecule has 6 nitrogen and oxygen atoms in total. The Bertz CT molecular complexity index is 644. The SMILES string of the molecule is CCC1CCCCN1C(=O)CN(C(C)=O)c1cccc(C(=O)OC)c1. The summed E-state index contributed by atoms with van der Waals surface area (Å²) in [5.74, 6) is -0.760.